The Bertz CT molecular complexity index is 157. The van der Waals surface area contributed by atoms with Gasteiger partial charge in [0.15, 0.2) is 0 Å². The molecule has 0 aromatic heterocycles. The van der Waals surface area contributed by atoms with Crippen LogP contribution >= 0.6 is 0 Å². The van der Waals surface area contributed by atoms with Gasteiger partial charge in [-0.15, -0.1) is 0 Å². The molecule has 0 aromatic carbocycles. The lowest BCUT2D eigenvalue weighted by Crippen LogP contribution is -2.31. The van der Waals surface area contributed by atoms with Crippen molar-refractivity contribution in [1.29, 1.82) is 0 Å². The molecule has 86 valence electrons. The molecule has 0 aliphatic rings. The van der Waals surface area contributed by atoms with Crippen molar-refractivity contribution in [2.75, 3.05) is 0 Å². The van der Waals surface area contributed by atoms with Crippen molar-refractivity contribution in [3.05, 3.63) is 0 Å². The first-order chi connectivity index (χ1) is 6.31. The molecule has 0 aliphatic heterocycles. The maximum absolute atomic E-state index is 2.57. The van der Waals surface area contributed by atoms with E-state index >= 15 is 0 Å². The first-order valence-electron chi connectivity index (χ1n) is 6.31. The predicted octanol–water partition coefficient (Wildman–Crippen LogP) is 4.86. The van der Waals surface area contributed by atoms with Crippen molar-refractivity contribution in [3.8, 4) is 0 Å². The molecule has 1 unspecified atom stereocenters. The molecular formula is C13H30Si. The third-order valence-electron chi connectivity index (χ3n) is 4.62. The molecule has 0 N–H and O–H groups in total. The van der Waals surface area contributed by atoms with Crippen LogP contribution in [0.5, 0.6) is 0 Å². The molecule has 0 fully saturated rings. The van der Waals surface area contributed by atoms with Crippen molar-refractivity contribution >= 4 is 8.80 Å². The molecule has 0 heterocycles. The van der Waals surface area contributed by atoms with Gasteiger partial charge in [-0.3, -0.25) is 0 Å². The van der Waals surface area contributed by atoms with E-state index in [4.69, 9.17) is 0 Å². The fraction of sp³-hybridized carbons (Fsp3) is 1.00. The van der Waals surface area contributed by atoms with E-state index in [9.17, 15) is 0 Å². The van der Waals surface area contributed by atoms with Crippen LogP contribution in [-0.2, 0) is 0 Å². The minimum atomic E-state index is -0.575. The van der Waals surface area contributed by atoms with Gasteiger partial charge in [0.05, 0.1) is 0 Å². The molecule has 1 heteroatoms. The summed E-state index contributed by atoms with van der Waals surface area (Å²) in [4.78, 5) is 0. The molecule has 0 aromatic rings. The Morgan fingerprint density at radius 1 is 0.857 bits per heavy atom. The fourth-order valence-electron chi connectivity index (χ4n) is 2.17. The van der Waals surface area contributed by atoms with Crippen LogP contribution in [0, 0.1) is 5.41 Å². The van der Waals surface area contributed by atoms with Crippen molar-refractivity contribution in [2.45, 2.75) is 78.4 Å². The summed E-state index contributed by atoms with van der Waals surface area (Å²) in [5, 5.41) is 0.687. The molecule has 1 atom stereocenters. The Morgan fingerprint density at radius 2 is 1.29 bits per heavy atom. The predicted molar refractivity (Wildman–Crippen MR) is 70.8 cm³/mol. The Hall–Kier alpha value is 0.217. The maximum atomic E-state index is 2.57. The fourth-order valence-corrected chi connectivity index (χ4v) is 6.00. The second-order valence-corrected chi connectivity index (χ2v) is 9.59. The summed E-state index contributed by atoms with van der Waals surface area (Å²) in [5.41, 5.74) is 0.581. The summed E-state index contributed by atoms with van der Waals surface area (Å²) >= 11 is 0. The SMILES string of the molecule is CCC(C)(C)C[SiH](C)C(C)(CC)CC. The van der Waals surface area contributed by atoms with Crippen LogP contribution in [0.15, 0.2) is 0 Å². The molecule has 0 bridgehead atoms. The zero-order valence-electron chi connectivity index (χ0n) is 11.4. The summed E-state index contributed by atoms with van der Waals surface area (Å²) in [7, 11) is -0.575. The lowest BCUT2D eigenvalue weighted by atomic mass is 9.93. The largest absolute Gasteiger partial charge is 0.0716 e. The van der Waals surface area contributed by atoms with E-state index in [1.165, 1.54) is 25.3 Å². The highest BCUT2D eigenvalue weighted by Gasteiger charge is 2.32. The van der Waals surface area contributed by atoms with Gasteiger partial charge in [-0.25, -0.2) is 0 Å². The summed E-state index contributed by atoms with van der Waals surface area (Å²) in [6, 6.07) is 1.50. The minimum absolute atomic E-state index is 0.575. The molecule has 0 saturated carbocycles. The van der Waals surface area contributed by atoms with Crippen LogP contribution in [0.2, 0.25) is 17.6 Å². The van der Waals surface area contributed by atoms with E-state index in [0.717, 1.165) is 0 Å². The summed E-state index contributed by atoms with van der Waals surface area (Å²) in [6.45, 7) is 17.0. The van der Waals surface area contributed by atoms with Crippen molar-refractivity contribution < 1.29 is 0 Å². The first-order valence-corrected chi connectivity index (χ1v) is 8.86. The van der Waals surface area contributed by atoms with E-state index in [-0.39, 0.29) is 0 Å². The molecule has 0 aliphatic carbocycles. The van der Waals surface area contributed by atoms with Gasteiger partial charge in [0.2, 0.25) is 0 Å². The monoisotopic (exact) mass is 214 g/mol. The molecule has 0 amide bonds. The van der Waals surface area contributed by atoms with Gasteiger partial charge in [0.25, 0.3) is 0 Å². The lowest BCUT2D eigenvalue weighted by molar-refractivity contribution is 0.385. The van der Waals surface area contributed by atoms with Crippen molar-refractivity contribution in [3.63, 3.8) is 0 Å². The molecule has 14 heavy (non-hydrogen) atoms. The van der Waals surface area contributed by atoms with Gasteiger partial charge in [0, 0.05) is 8.80 Å². The van der Waals surface area contributed by atoms with Crippen LogP contribution in [0.4, 0.5) is 0 Å². The average molecular weight is 214 g/mol. The van der Waals surface area contributed by atoms with Gasteiger partial charge in [0.1, 0.15) is 0 Å². The Kier molecular flexibility index (Phi) is 5.42. The van der Waals surface area contributed by atoms with Crippen molar-refractivity contribution in [1.82, 2.24) is 0 Å². The first kappa shape index (κ1) is 14.2. The number of hydrogen-bond acceptors (Lipinski definition) is 0. The van der Waals surface area contributed by atoms with Crippen molar-refractivity contribution in [2.24, 2.45) is 5.41 Å². The topological polar surface area (TPSA) is 0 Å². The summed E-state index contributed by atoms with van der Waals surface area (Å²) < 4.78 is 0. The quantitative estimate of drug-likeness (QED) is 0.554. The summed E-state index contributed by atoms with van der Waals surface area (Å²) in [6.07, 6.45) is 4.07. The smallest absolute Gasteiger partial charge is 0.0404 e. The van der Waals surface area contributed by atoms with E-state index in [0.29, 0.717) is 10.5 Å². The van der Waals surface area contributed by atoms with Crippen LogP contribution in [0.25, 0.3) is 0 Å². The Labute approximate surface area is 93.1 Å². The zero-order valence-corrected chi connectivity index (χ0v) is 12.6. The van der Waals surface area contributed by atoms with Gasteiger partial charge in [-0.1, -0.05) is 73.4 Å². The normalized spacial score (nSPS) is 15.6. The van der Waals surface area contributed by atoms with E-state index in [2.05, 4.69) is 48.1 Å². The van der Waals surface area contributed by atoms with Gasteiger partial charge in [-0.05, 0) is 10.5 Å². The summed E-state index contributed by atoms with van der Waals surface area (Å²) in [5.74, 6) is 0. The highest BCUT2D eigenvalue weighted by Crippen LogP contribution is 2.42. The van der Waals surface area contributed by atoms with E-state index in [1.807, 2.05) is 0 Å². The maximum Gasteiger partial charge on any atom is 0.0404 e. The number of hydrogen-bond donors (Lipinski definition) is 0. The van der Waals surface area contributed by atoms with E-state index < -0.39 is 8.80 Å². The molecule has 0 spiro atoms. The van der Waals surface area contributed by atoms with Gasteiger partial charge in [-0.2, -0.15) is 0 Å². The van der Waals surface area contributed by atoms with Crippen LogP contribution in [-0.4, -0.2) is 8.80 Å². The average Bonchev–Trinajstić information content (AvgIpc) is 2.16. The minimum Gasteiger partial charge on any atom is -0.0716 e. The van der Waals surface area contributed by atoms with Crippen LogP contribution < -0.4 is 0 Å². The molecule has 0 radical (unpaired) electrons. The Morgan fingerprint density at radius 3 is 1.57 bits per heavy atom. The zero-order chi connectivity index (χ0) is 11.4. The van der Waals surface area contributed by atoms with Gasteiger partial charge < -0.3 is 0 Å². The van der Waals surface area contributed by atoms with E-state index in [1.54, 1.807) is 0 Å². The highest BCUT2D eigenvalue weighted by atomic mass is 28.3. The van der Waals surface area contributed by atoms with Crippen LogP contribution in [0.1, 0.15) is 60.8 Å². The van der Waals surface area contributed by atoms with Gasteiger partial charge >= 0.3 is 0 Å². The van der Waals surface area contributed by atoms with Crippen LogP contribution in [0.3, 0.4) is 0 Å². The molecule has 0 saturated heterocycles. The second kappa shape index (κ2) is 5.34. The standard InChI is InChI=1S/C13H30Si/c1-8-12(4,5)11-14(7)13(6,9-2)10-3/h14H,8-11H2,1-7H3. The third-order valence-corrected chi connectivity index (χ3v) is 9.53. The lowest BCUT2D eigenvalue weighted by Gasteiger charge is -2.37. The highest BCUT2D eigenvalue weighted by molar-refractivity contribution is 6.61. The molecule has 0 nitrogen and oxygen atoms in total. The third kappa shape index (κ3) is 3.76. The molecular weight excluding hydrogens is 184 g/mol. The number of rotatable bonds is 6. The Balaban J connectivity index is 4.39. The molecule has 0 rings (SSSR count). The second-order valence-electron chi connectivity index (χ2n) is 5.98.